The lowest BCUT2D eigenvalue weighted by atomic mass is 9.97. The van der Waals surface area contributed by atoms with Gasteiger partial charge in [-0.05, 0) is 18.8 Å². The highest BCUT2D eigenvalue weighted by molar-refractivity contribution is 5.85. The SMILES string of the molecule is CC1CN(C(=O)CC2CCCC2)CCC1=O. The molecule has 0 radical (unpaired) electrons. The smallest absolute Gasteiger partial charge is 0.222 e. The van der Waals surface area contributed by atoms with Crippen LogP contribution in [0.25, 0.3) is 0 Å². The van der Waals surface area contributed by atoms with Crippen LogP contribution in [0.3, 0.4) is 0 Å². The summed E-state index contributed by atoms with van der Waals surface area (Å²) >= 11 is 0. The molecule has 0 aromatic heterocycles. The summed E-state index contributed by atoms with van der Waals surface area (Å²) in [6.07, 6.45) is 6.26. The van der Waals surface area contributed by atoms with Crippen molar-refractivity contribution in [1.82, 2.24) is 4.90 Å². The second-order valence-electron chi connectivity index (χ2n) is 5.31. The molecule has 1 unspecified atom stereocenters. The minimum atomic E-state index is 0.0429. The Morgan fingerprint density at radius 2 is 2.06 bits per heavy atom. The number of likely N-dealkylation sites (tertiary alicyclic amines) is 1. The summed E-state index contributed by atoms with van der Waals surface area (Å²) in [5, 5.41) is 0. The fraction of sp³-hybridized carbons (Fsp3) is 0.846. The van der Waals surface area contributed by atoms with E-state index in [1.54, 1.807) is 0 Å². The van der Waals surface area contributed by atoms with Crippen LogP contribution in [0.4, 0.5) is 0 Å². The van der Waals surface area contributed by atoms with Crippen molar-refractivity contribution in [1.29, 1.82) is 0 Å². The van der Waals surface area contributed by atoms with Crippen LogP contribution in [0.5, 0.6) is 0 Å². The minimum absolute atomic E-state index is 0.0429. The zero-order valence-corrected chi connectivity index (χ0v) is 10.1. The highest BCUT2D eigenvalue weighted by Gasteiger charge is 2.28. The lowest BCUT2D eigenvalue weighted by Crippen LogP contribution is -2.43. The zero-order chi connectivity index (χ0) is 11.5. The first kappa shape index (κ1) is 11.6. The maximum absolute atomic E-state index is 12.0. The van der Waals surface area contributed by atoms with Gasteiger partial charge in [-0.2, -0.15) is 0 Å². The van der Waals surface area contributed by atoms with Crippen molar-refractivity contribution in [2.75, 3.05) is 13.1 Å². The molecule has 1 aliphatic carbocycles. The van der Waals surface area contributed by atoms with E-state index in [0.29, 0.717) is 37.6 Å². The zero-order valence-electron chi connectivity index (χ0n) is 10.1. The van der Waals surface area contributed by atoms with Gasteiger partial charge in [0.1, 0.15) is 5.78 Å². The molecule has 2 aliphatic rings. The Labute approximate surface area is 97.2 Å². The molecule has 1 atom stereocenters. The van der Waals surface area contributed by atoms with Crippen LogP contribution in [-0.2, 0) is 9.59 Å². The third-order valence-electron chi connectivity index (χ3n) is 3.96. The summed E-state index contributed by atoms with van der Waals surface area (Å²) in [4.78, 5) is 25.3. The van der Waals surface area contributed by atoms with Crippen LogP contribution in [0, 0.1) is 11.8 Å². The van der Waals surface area contributed by atoms with Gasteiger partial charge < -0.3 is 4.90 Å². The predicted octanol–water partition coefficient (Wildman–Crippen LogP) is 2.00. The molecule has 1 saturated carbocycles. The average molecular weight is 223 g/mol. The Balaban J connectivity index is 1.82. The Morgan fingerprint density at radius 1 is 1.38 bits per heavy atom. The van der Waals surface area contributed by atoms with Gasteiger partial charge in [-0.3, -0.25) is 9.59 Å². The van der Waals surface area contributed by atoms with Gasteiger partial charge in [0.05, 0.1) is 0 Å². The Hall–Kier alpha value is -0.860. The van der Waals surface area contributed by atoms with E-state index < -0.39 is 0 Å². The number of ketones is 1. The summed E-state index contributed by atoms with van der Waals surface area (Å²) in [5.74, 6) is 1.23. The summed E-state index contributed by atoms with van der Waals surface area (Å²) in [7, 11) is 0. The standard InChI is InChI=1S/C13H21NO2/c1-10-9-14(7-6-12(10)15)13(16)8-11-4-2-3-5-11/h10-11H,2-9H2,1H3. The molecule has 0 aromatic rings. The van der Waals surface area contributed by atoms with E-state index in [1.165, 1.54) is 25.7 Å². The fourth-order valence-corrected chi connectivity index (χ4v) is 2.83. The molecular weight excluding hydrogens is 202 g/mol. The van der Waals surface area contributed by atoms with Gasteiger partial charge in [0, 0.05) is 31.8 Å². The van der Waals surface area contributed by atoms with Crippen LogP contribution in [-0.4, -0.2) is 29.7 Å². The lowest BCUT2D eigenvalue weighted by molar-refractivity contribution is -0.137. The average Bonchev–Trinajstić information content (AvgIpc) is 2.74. The van der Waals surface area contributed by atoms with E-state index in [2.05, 4.69) is 0 Å². The van der Waals surface area contributed by atoms with E-state index in [9.17, 15) is 9.59 Å². The molecule has 1 aliphatic heterocycles. The van der Waals surface area contributed by atoms with Gasteiger partial charge in [0.25, 0.3) is 0 Å². The first-order valence-corrected chi connectivity index (χ1v) is 6.47. The Bertz CT molecular complexity index is 282. The number of piperidine rings is 1. The van der Waals surface area contributed by atoms with Crippen LogP contribution in [0.2, 0.25) is 0 Å². The second kappa shape index (κ2) is 4.98. The fourth-order valence-electron chi connectivity index (χ4n) is 2.83. The number of carbonyl (C=O) groups is 2. The van der Waals surface area contributed by atoms with Crippen molar-refractivity contribution < 1.29 is 9.59 Å². The van der Waals surface area contributed by atoms with Crippen LogP contribution >= 0.6 is 0 Å². The maximum Gasteiger partial charge on any atom is 0.222 e. The van der Waals surface area contributed by atoms with E-state index in [-0.39, 0.29) is 11.8 Å². The van der Waals surface area contributed by atoms with Crippen LogP contribution < -0.4 is 0 Å². The van der Waals surface area contributed by atoms with E-state index in [4.69, 9.17) is 0 Å². The highest BCUT2D eigenvalue weighted by atomic mass is 16.2. The van der Waals surface area contributed by atoms with E-state index in [0.717, 1.165) is 0 Å². The van der Waals surface area contributed by atoms with Crippen LogP contribution in [0.15, 0.2) is 0 Å². The number of carbonyl (C=O) groups excluding carboxylic acids is 2. The monoisotopic (exact) mass is 223 g/mol. The molecule has 2 rings (SSSR count). The van der Waals surface area contributed by atoms with Crippen LogP contribution in [0.1, 0.15) is 45.4 Å². The lowest BCUT2D eigenvalue weighted by Gasteiger charge is -2.30. The number of amides is 1. The van der Waals surface area contributed by atoms with Crippen molar-refractivity contribution in [3.8, 4) is 0 Å². The molecule has 0 spiro atoms. The number of nitrogens with zero attached hydrogens (tertiary/aromatic N) is 1. The Morgan fingerprint density at radius 3 is 2.69 bits per heavy atom. The number of Topliss-reactive ketones (excluding diaryl/α,β-unsaturated/α-hetero) is 1. The predicted molar refractivity (Wildman–Crippen MR) is 61.9 cm³/mol. The van der Waals surface area contributed by atoms with Crippen molar-refractivity contribution in [3.63, 3.8) is 0 Å². The molecule has 3 heteroatoms. The molecule has 1 amide bonds. The summed E-state index contributed by atoms with van der Waals surface area (Å²) in [6, 6.07) is 0. The number of hydrogen-bond donors (Lipinski definition) is 0. The summed E-state index contributed by atoms with van der Waals surface area (Å²) < 4.78 is 0. The van der Waals surface area contributed by atoms with Gasteiger partial charge in [-0.15, -0.1) is 0 Å². The van der Waals surface area contributed by atoms with Crippen molar-refractivity contribution in [2.45, 2.75) is 45.4 Å². The molecule has 16 heavy (non-hydrogen) atoms. The van der Waals surface area contributed by atoms with Gasteiger partial charge in [0.15, 0.2) is 0 Å². The van der Waals surface area contributed by atoms with Gasteiger partial charge >= 0.3 is 0 Å². The largest absolute Gasteiger partial charge is 0.342 e. The molecule has 1 heterocycles. The third kappa shape index (κ3) is 2.63. The van der Waals surface area contributed by atoms with Crippen molar-refractivity contribution in [3.05, 3.63) is 0 Å². The molecule has 90 valence electrons. The van der Waals surface area contributed by atoms with Crippen molar-refractivity contribution >= 4 is 11.7 Å². The van der Waals surface area contributed by atoms with Gasteiger partial charge in [-0.25, -0.2) is 0 Å². The normalized spacial score (nSPS) is 27.4. The topological polar surface area (TPSA) is 37.4 Å². The second-order valence-corrected chi connectivity index (χ2v) is 5.31. The highest BCUT2D eigenvalue weighted by Crippen LogP contribution is 2.28. The quantitative estimate of drug-likeness (QED) is 0.718. The molecule has 2 fully saturated rings. The maximum atomic E-state index is 12.0. The number of hydrogen-bond acceptors (Lipinski definition) is 2. The molecule has 0 bridgehead atoms. The minimum Gasteiger partial charge on any atom is -0.342 e. The molecule has 0 aromatic carbocycles. The van der Waals surface area contributed by atoms with Gasteiger partial charge in [-0.1, -0.05) is 19.8 Å². The number of rotatable bonds is 2. The van der Waals surface area contributed by atoms with E-state index >= 15 is 0 Å². The van der Waals surface area contributed by atoms with Gasteiger partial charge in [0.2, 0.25) is 5.91 Å². The third-order valence-corrected chi connectivity index (χ3v) is 3.96. The molecular formula is C13H21NO2. The Kier molecular flexibility index (Phi) is 3.62. The molecule has 3 nitrogen and oxygen atoms in total. The first-order chi connectivity index (χ1) is 7.66. The van der Waals surface area contributed by atoms with E-state index in [1.807, 2.05) is 11.8 Å². The summed E-state index contributed by atoms with van der Waals surface area (Å²) in [5.41, 5.74) is 0. The van der Waals surface area contributed by atoms with Crippen molar-refractivity contribution in [2.24, 2.45) is 11.8 Å². The molecule has 1 saturated heterocycles. The first-order valence-electron chi connectivity index (χ1n) is 6.47. The molecule has 0 N–H and O–H groups in total. The summed E-state index contributed by atoms with van der Waals surface area (Å²) in [6.45, 7) is 3.22.